The number of hydrogen-bond acceptors (Lipinski definition) is 2. The Morgan fingerprint density at radius 1 is 1.10 bits per heavy atom. The molecule has 1 rings (SSSR count). The van der Waals surface area contributed by atoms with Crippen LogP contribution in [-0.4, -0.2) is 22.8 Å². The molecule has 110 valence electrons. The summed E-state index contributed by atoms with van der Waals surface area (Å²) in [5.74, 6) is 0. The molecule has 0 aromatic carbocycles. The second-order valence-electron chi connectivity index (χ2n) is 5.38. The first-order chi connectivity index (χ1) is 9.61. The van der Waals surface area contributed by atoms with Gasteiger partial charge in [-0.1, -0.05) is 30.4 Å². The smallest absolute Gasteiger partial charge is 0.0940 e. The fourth-order valence-electron chi connectivity index (χ4n) is 2.89. The molecule has 0 aliphatic carbocycles. The lowest BCUT2D eigenvalue weighted by Crippen LogP contribution is -2.48. The standard InChI is InChI=1S/C18H27NO/c1-5-9-15-11-12-16(17(19-15)10-6-2)18(20,13-7-3)14-8-4/h5-8,12,15,17,19-20H,1-4,9-11,13-14H2. The van der Waals surface area contributed by atoms with Crippen molar-refractivity contribution >= 4 is 0 Å². The summed E-state index contributed by atoms with van der Waals surface area (Å²) in [5, 5.41) is 14.5. The first kappa shape index (κ1) is 16.7. The first-order valence-electron chi connectivity index (χ1n) is 7.23. The Bertz CT molecular complexity index is 384. The van der Waals surface area contributed by atoms with Crippen molar-refractivity contribution in [1.82, 2.24) is 5.32 Å². The van der Waals surface area contributed by atoms with Gasteiger partial charge in [0.25, 0.3) is 0 Å². The highest BCUT2D eigenvalue weighted by Crippen LogP contribution is 2.33. The number of nitrogens with one attached hydrogen (secondary N) is 1. The Hall–Kier alpha value is -1.38. The zero-order valence-electron chi connectivity index (χ0n) is 12.4. The molecule has 2 heteroatoms. The third kappa shape index (κ3) is 4.06. The van der Waals surface area contributed by atoms with Gasteiger partial charge < -0.3 is 10.4 Å². The molecule has 0 bridgehead atoms. The minimum atomic E-state index is -0.886. The van der Waals surface area contributed by atoms with Crippen LogP contribution in [-0.2, 0) is 0 Å². The third-order valence-electron chi connectivity index (χ3n) is 3.79. The molecule has 0 aromatic heterocycles. The zero-order valence-corrected chi connectivity index (χ0v) is 12.4. The average Bonchev–Trinajstić information content (AvgIpc) is 2.40. The molecule has 1 aliphatic heterocycles. The molecule has 1 heterocycles. The maximum atomic E-state index is 10.9. The number of aliphatic hydroxyl groups is 1. The highest BCUT2D eigenvalue weighted by molar-refractivity contribution is 5.29. The van der Waals surface area contributed by atoms with E-state index in [1.165, 1.54) is 0 Å². The van der Waals surface area contributed by atoms with Crippen LogP contribution >= 0.6 is 0 Å². The fraction of sp³-hybridized carbons (Fsp3) is 0.444. The van der Waals surface area contributed by atoms with E-state index in [0.29, 0.717) is 18.9 Å². The van der Waals surface area contributed by atoms with Gasteiger partial charge in [0, 0.05) is 12.1 Å². The molecule has 0 aromatic rings. The van der Waals surface area contributed by atoms with E-state index >= 15 is 0 Å². The summed E-state index contributed by atoms with van der Waals surface area (Å²) in [5.41, 5.74) is 0.154. The quantitative estimate of drug-likeness (QED) is 0.628. The number of rotatable bonds is 9. The fourth-order valence-corrected chi connectivity index (χ4v) is 2.89. The SMILES string of the molecule is C=CCC1CC=C(C(O)(CC=C)CC=C)C(CC=C)N1. The van der Waals surface area contributed by atoms with Crippen LogP contribution in [0.15, 0.2) is 62.3 Å². The van der Waals surface area contributed by atoms with E-state index < -0.39 is 5.60 Å². The molecular formula is C18H27NO. The summed E-state index contributed by atoms with van der Waals surface area (Å²) in [6.45, 7) is 15.1. The Morgan fingerprint density at radius 2 is 1.70 bits per heavy atom. The van der Waals surface area contributed by atoms with E-state index in [1.807, 2.05) is 12.2 Å². The van der Waals surface area contributed by atoms with Crippen molar-refractivity contribution in [3.05, 3.63) is 62.3 Å². The van der Waals surface area contributed by atoms with Gasteiger partial charge in [-0.15, -0.1) is 26.3 Å². The van der Waals surface area contributed by atoms with Crippen molar-refractivity contribution in [2.24, 2.45) is 0 Å². The second-order valence-corrected chi connectivity index (χ2v) is 5.38. The maximum absolute atomic E-state index is 10.9. The molecule has 0 spiro atoms. The largest absolute Gasteiger partial charge is 0.385 e. The van der Waals surface area contributed by atoms with Gasteiger partial charge in [-0.2, -0.15) is 0 Å². The monoisotopic (exact) mass is 273 g/mol. The van der Waals surface area contributed by atoms with Gasteiger partial charge >= 0.3 is 0 Å². The Balaban J connectivity index is 3.02. The summed E-state index contributed by atoms with van der Waals surface area (Å²) in [7, 11) is 0. The molecular weight excluding hydrogens is 246 g/mol. The summed E-state index contributed by atoms with van der Waals surface area (Å²) in [6, 6.07) is 0.508. The van der Waals surface area contributed by atoms with Gasteiger partial charge in [0.2, 0.25) is 0 Å². The van der Waals surface area contributed by atoms with Crippen molar-refractivity contribution in [2.75, 3.05) is 0 Å². The summed E-state index contributed by atoms with van der Waals surface area (Å²) >= 11 is 0. The highest BCUT2D eigenvalue weighted by Gasteiger charge is 2.36. The van der Waals surface area contributed by atoms with Gasteiger partial charge in [-0.25, -0.2) is 0 Å². The van der Waals surface area contributed by atoms with Gasteiger partial charge in [0.05, 0.1) is 5.60 Å². The maximum Gasteiger partial charge on any atom is 0.0940 e. The van der Waals surface area contributed by atoms with E-state index in [9.17, 15) is 5.11 Å². The molecule has 0 fully saturated rings. The lowest BCUT2D eigenvalue weighted by atomic mass is 9.78. The first-order valence-corrected chi connectivity index (χ1v) is 7.23. The summed E-state index contributed by atoms with van der Waals surface area (Å²) < 4.78 is 0. The van der Waals surface area contributed by atoms with Crippen LogP contribution in [0.2, 0.25) is 0 Å². The third-order valence-corrected chi connectivity index (χ3v) is 3.79. The van der Waals surface area contributed by atoms with E-state index in [-0.39, 0.29) is 6.04 Å². The van der Waals surface area contributed by atoms with Crippen molar-refractivity contribution in [3.63, 3.8) is 0 Å². The van der Waals surface area contributed by atoms with Crippen LogP contribution in [0.4, 0.5) is 0 Å². The van der Waals surface area contributed by atoms with E-state index in [1.54, 1.807) is 12.2 Å². The van der Waals surface area contributed by atoms with Crippen LogP contribution in [0.1, 0.15) is 32.1 Å². The normalized spacial score (nSPS) is 22.8. The predicted molar refractivity (Wildman–Crippen MR) is 87.6 cm³/mol. The molecule has 2 unspecified atom stereocenters. The molecule has 20 heavy (non-hydrogen) atoms. The van der Waals surface area contributed by atoms with Crippen molar-refractivity contribution in [3.8, 4) is 0 Å². The Kier molecular flexibility index (Phi) is 6.69. The van der Waals surface area contributed by atoms with Crippen molar-refractivity contribution in [2.45, 2.75) is 49.8 Å². The number of hydrogen-bond donors (Lipinski definition) is 2. The van der Waals surface area contributed by atoms with Crippen LogP contribution in [0.3, 0.4) is 0 Å². The Labute approximate surface area is 123 Å². The zero-order chi connectivity index (χ0) is 15.0. The molecule has 2 atom stereocenters. The molecule has 2 nitrogen and oxygen atoms in total. The molecule has 0 saturated heterocycles. The van der Waals surface area contributed by atoms with Crippen molar-refractivity contribution in [1.29, 1.82) is 0 Å². The van der Waals surface area contributed by atoms with Crippen LogP contribution < -0.4 is 5.32 Å². The lowest BCUT2D eigenvalue weighted by Gasteiger charge is -2.39. The second kappa shape index (κ2) is 8.03. The van der Waals surface area contributed by atoms with Gasteiger partial charge in [0.15, 0.2) is 0 Å². The summed E-state index contributed by atoms with van der Waals surface area (Å²) in [6.07, 6.45) is 13.2. The highest BCUT2D eigenvalue weighted by atomic mass is 16.3. The lowest BCUT2D eigenvalue weighted by molar-refractivity contribution is 0.0730. The predicted octanol–water partition coefficient (Wildman–Crippen LogP) is 3.68. The van der Waals surface area contributed by atoms with Gasteiger partial charge in [-0.05, 0) is 37.7 Å². The van der Waals surface area contributed by atoms with Crippen LogP contribution in [0, 0.1) is 0 Å². The molecule has 0 saturated carbocycles. The van der Waals surface area contributed by atoms with E-state index in [4.69, 9.17) is 0 Å². The van der Waals surface area contributed by atoms with Gasteiger partial charge in [0.1, 0.15) is 0 Å². The minimum Gasteiger partial charge on any atom is -0.385 e. The molecule has 1 aliphatic rings. The van der Waals surface area contributed by atoms with Gasteiger partial charge in [-0.3, -0.25) is 0 Å². The topological polar surface area (TPSA) is 32.3 Å². The van der Waals surface area contributed by atoms with Crippen molar-refractivity contribution < 1.29 is 5.11 Å². The molecule has 0 radical (unpaired) electrons. The van der Waals surface area contributed by atoms with Crippen LogP contribution in [0.5, 0.6) is 0 Å². The average molecular weight is 273 g/mol. The van der Waals surface area contributed by atoms with Crippen LogP contribution in [0.25, 0.3) is 0 Å². The van der Waals surface area contributed by atoms with E-state index in [2.05, 4.69) is 37.7 Å². The summed E-state index contributed by atoms with van der Waals surface area (Å²) in [4.78, 5) is 0. The Morgan fingerprint density at radius 3 is 2.20 bits per heavy atom. The molecule has 2 N–H and O–H groups in total. The molecule has 0 amide bonds. The minimum absolute atomic E-state index is 0.121. The van der Waals surface area contributed by atoms with E-state index in [0.717, 1.165) is 24.8 Å².